The van der Waals surface area contributed by atoms with Crippen molar-refractivity contribution in [2.45, 2.75) is 18.8 Å². The summed E-state index contributed by atoms with van der Waals surface area (Å²) in [5.74, 6) is -3.65. The molecule has 0 saturated carbocycles. The van der Waals surface area contributed by atoms with E-state index in [9.17, 15) is 0 Å². The van der Waals surface area contributed by atoms with Gasteiger partial charge in [-0.1, -0.05) is 42.0 Å². The third-order valence-electron chi connectivity index (χ3n) is 5.02. The molecule has 140 valence electrons. The average Bonchev–Trinajstić information content (AvgIpc) is 2.97. The number of aromatic nitrogens is 1. The van der Waals surface area contributed by atoms with Gasteiger partial charge in [-0.3, -0.25) is 9.88 Å². The van der Waals surface area contributed by atoms with Crippen LogP contribution < -0.4 is 0 Å². The van der Waals surface area contributed by atoms with E-state index < -0.39 is 11.9 Å². The molecule has 1 fully saturated rings. The molecular formula is C21H22N2O4. The Bertz CT molecular complexity index is 864. The van der Waals surface area contributed by atoms with E-state index >= 15 is 0 Å². The van der Waals surface area contributed by atoms with Gasteiger partial charge in [-0.05, 0) is 37.6 Å². The van der Waals surface area contributed by atoms with Crippen LogP contribution >= 0.6 is 0 Å². The second kappa shape index (κ2) is 7.72. The van der Waals surface area contributed by atoms with Gasteiger partial charge in [0.1, 0.15) is 0 Å². The Kier molecular flexibility index (Phi) is 5.37. The van der Waals surface area contributed by atoms with Crippen LogP contribution in [0.3, 0.4) is 0 Å². The number of rotatable bonds is 2. The van der Waals surface area contributed by atoms with Crippen LogP contribution in [-0.2, 0) is 15.0 Å². The highest BCUT2D eigenvalue weighted by Gasteiger charge is 2.39. The number of nitrogens with zero attached hydrogens (tertiary/aromatic N) is 2. The van der Waals surface area contributed by atoms with Gasteiger partial charge in [0.05, 0.1) is 5.69 Å². The quantitative estimate of drug-likeness (QED) is 0.627. The van der Waals surface area contributed by atoms with Crippen molar-refractivity contribution < 1.29 is 19.8 Å². The van der Waals surface area contributed by atoms with Gasteiger partial charge in [0.2, 0.25) is 0 Å². The number of aliphatic carboxylic acids is 2. The normalized spacial score (nSPS) is 22.6. The van der Waals surface area contributed by atoms with Gasteiger partial charge < -0.3 is 10.2 Å². The van der Waals surface area contributed by atoms with Gasteiger partial charge in [0.15, 0.2) is 0 Å². The summed E-state index contributed by atoms with van der Waals surface area (Å²) in [6.07, 6.45) is 8.01. The summed E-state index contributed by atoms with van der Waals surface area (Å²) in [6.45, 7) is 5.58. The van der Waals surface area contributed by atoms with Gasteiger partial charge in [-0.15, -0.1) is 0 Å². The number of carbonyl (C=O) groups is 2. The Balaban J connectivity index is 0.000000307. The van der Waals surface area contributed by atoms with E-state index in [4.69, 9.17) is 24.8 Å². The lowest BCUT2D eigenvalue weighted by atomic mass is 9.79. The largest absolute Gasteiger partial charge is 0.473 e. The highest BCUT2D eigenvalue weighted by Crippen LogP contribution is 2.38. The first-order valence-electron chi connectivity index (χ1n) is 8.79. The number of carboxylic acids is 2. The number of hydrogen-bond acceptors (Lipinski definition) is 4. The molecular weight excluding hydrogens is 344 g/mol. The fourth-order valence-corrected chi connectivity index (χ4v) is 3.63. The summed E-state index contributed by atoms with van der Waals surface area (Å²) in [4.78, 5) is 25.4. The highest BCUT2D eigenvalue weighted by molar-refractivity contribution is 6.27. The van der Waals surface area contributed by atoms with Crippen LogP contribution in [0.1, 0.15) is 17.5 Å². The van der Waals surface area contributed by atoms with Crippen LogP contribution in [0.5, 0.6) is 0 Å². The van der Waals surface area contributed by atoms with E-state index in [1.165, 1.54) is 29.7 Å². The third-order valence-corrected chi connectivity index (χ3v) is 5.02. The predicted molar refractivity (Wildman–Crippen MR) is 102 cm³/mol. The second-order valence-electron chi connectivity index (χ2n) is 6.96. The molecule has 1 aromatic carbocycles. The van der Waals surface area contributed by atoms with Crippen LogP contribution in [-0.4, -0.2) is 51.7 Å². The van der Waals surface area contributed by atoms with Crippen molar-refractivity contribution in [3.63, 3.8) is 0 Å². The summed E-state index contributed by atoms with van der Waals surface area (Å²) in [5, 5.41) is 14.8. The number of aryl methyl sites for hydroxylation is 1. The van der Waals surface area contributed by atoms with Gasteiger partial charge in [-0.25, -0.2) is 9.59 Å². The molecule has 2 N–H and O–H groups in total. The number of fused-ring (bicyclic) bond motifs is 2. The minimum Gasteiger partial charge on any atom is -0.473 e. The zero-order valence-electron chi connectivity index (χ0n) is 15.1. The highest BCUT2D eigenvalue weighted by atomic mass is 16.4. The first-order valence-corrected chi connectivity index (χ1v) is 8.79. The van der Waals surface area contributed by atoms with Crippen LogP contribution in [0.4, 0.5) is 0 Å². The molecule has 27 heavy (non-hydrogen) atoms. The Morgan fingerprint density at radius 3 is 2.56 bits per heavy atom. The number of hydrogen-bond donors (Lipinski definition) is 2. The van der Waals surface area contributed by atoms with Crippen molar-refractivity contribution in [1.29, 1.82) is 0 Å². The van der Waals surface area contributed by atoms with E-state index in [-0.39, 0.29) is 5.41 Å². The second-order valence-corrected chi connectivity index (χ2v) is 6.96. The lowest BCUT2D eigenvalue weighted by molar-refractivity contribution is -0.159. The molecule has 2 aliphatic heterocycles. The zero-order valence-corrected chi connectivity index (χ0v) is 15.1. The monoisotopic (exact) mass is 366 g/mol. The standard InChI is InChI=1S/C19H20N2.C2H2O4/c1-15-4-2-5-16(12-15)18-7-6-17(13-20-18)19-8-3-10-21(14-19)11-9-19;3-1(4)2(5)6/h2-8,12-13H,9-11,14H2,1H3;(H,3,4)(H,5,6). The van der Waals surface area contributed by atoms with Crippen molar-refractivity contribution >= 4 is 11.9 Å². The SMILES string of the molecule is Cc1cccc(-c2ccc(C34C=CCN(CC3)C4)cn2)c1.O=C(O)C(=O)O. The van der Waals surface area contributed by atoms with Crippen LogP contribution in [0.2, 0.25) is 0 Å². The molecule has 3 heterocycles. The fourth-order valence-electron chi connectivity index (χ4n) is 3.63. The van der Waals surface area contributed by atoms with Crippen molar-refractivity contribution in [3.05, 3.63) is 65.9 Å². The molecule has 1 aromatic heterocycles. The third kappa shape index (κ3) is 4.23. The first-order chi connectivity index (χ1) is 12.9. The van der Waals surface area contributed by atoms with E-state index in [2.05, 4.69) is 66.6 Å². The fraction of sp³-hybridized carbons (Fsp3) is 0.286. The van der Waals surface area contributed by atoms with Crippen molar-refractivity contribution in [1.82, 2.24) is 9.88 Å². The van der Waals surface area contributed by atoms with Crippen molar-refractivity contribution in [2.24, 2.45) is 0 Å². The molecule has 4 rings (SSSR count). The number of carboxylic acid groups (broad SMARTS) is 2. The number of benzene rings is 1. The topological polar surface area (TPSA) is 90.7 Å². The molecule has 2 aliphatic rings. The van der Waals surface area contributed by atoms with Gasteiger partial charge in [0, 0.05) is 30.3 Å². The Morgan fingerprint density at radius 2 is 1.93 bits per heavy atom. The minimum absolute atomic E-state index is 0.205. The molecule has 6 nitrogen and oxygen atoms in total. The molecule has 2 aromatic rings. The van der Waals surface area contributed by atoms with E-state index in [0.29, 0.717) is 0 Å². The molecule has 0 amide bonds. The summed E-state index contributed by atoms with van der Waals surface area (Å²) >= 11 is 0. The Hall–Kier alpha value is -2.99. The minimum atomic E-state index is -1.82. The summed E-state index contributed by atoms with van der Waals surface area (Å²) in [7, 11) is 0. The zero-order chi connectivity index (χ0) is 19.4. The van der Waals surface area contributed by atoms with E-state index in [1.807, 2.05) is 0 Å². The molecule has 2 unspecified atom stereocenters. The lowest BCUT2D eigenvalue weighted by Gasteiger charge is -2.29. The smallest absolute Gasteiger partial charge is 0.414 e. The molecule has 6 heteroatoms. The first kappa shape index (κ1) is 18.8. The molecule has 1 saturated heterocycles. The van der Waals surface area contributed by atoms with Gasteiger partial charge in [0.25, 0.3) is 0 Å². The maximum absolute atomic E-state index is 9.10. The lowest BCUT2D eigenvalue weighted by Crippen LogP contribution is -2.33. The van der Waals surface area contributed by atoms with Crippen molar-refractivity contribution in [3.8, 4) is 11.3 Å². The van der Waals surface area contributed by atoms with Gasteiger partial charge >= 0.3 is 11.9 Å². The van der Waals surface area contributed by atoms with Gasteiger partial charge in [-0.2, -0.15) is 0 Å². The Labute approximate surface area is 157 Å². The summed E-state index contributed by atoms with van der Waals surface area (Å²) < 4.78 is 0. The van der Waals surface area contributed by atoms with Crippen LogP contribution in [0.25, 0.3) is 11.3 Å². The van der Waals surface area contributed by atoms with Crippen molar-refractivity contribution in [2.75, 3.05) is 19.6 Å². The molecule has 2 bridgehead atoms. The maximum atomic E-state index is 9.10. The van der Waals surface area contributed by atoms with Crippen LogP contribution in [0.15, 0.2) is 54.7 Å². The van der Waals surface area contributed by atoms with Crippen LogP contribution in [0, 0.1) is 6.92 Å². The summed E-state index contributed by atoms with van der Waals surface area (Å²) in [5.41, 5.74) is 5.10. The van der Waals surface area contributed by atoms with E-state index in [0.717, 1.165) is 18.8 Å². The number of pyridine rings is 1. The molecule has 0 aliphatic carbocycles. The summed E-state index contributed by atoms with van der Waals surface area (Å²) in [6, 6.07) is 13.0. The Morgan fingerprint density at radius 1 is 1.15 bits per heavy atom. The van der Waals surface area contributed by atoms with E-state index in [1.54, 1.807) is 0 Å². The average molecular weight is 366 g/mol. The maximum Gasteiger partial charge on any atom is 0.414 e. The molecule has 0 spiro atoms. The predicted octanol–water partition coefficient (Wildman–Crippen LogP) is 2.73. The molecule has 0 radical (unpaired) electrons. The molecule has 2 atom stereocenters.